The molecule has 3 aromatic rings. The van der Waals surface area contributed by atoms with Crippen molar-refractivity contribution < 1.29 is 9.47 Å². The predicted octanol–water partition coefficient (Wildman–Crippen LogP) is 4.30. The van der Waals surface area contributed by atoms with Crippen molar-refractivity contribution in [2.75, 3.05) is 13.7 Å². The monoisotopic (exact) mass is 385 g/mol. The largest absolute Gasteiger partial charge is 0.493 e. The third-order valence-electron chi connectivity index (χ3n) is 4.23. The number of ether oxygens (including phenoxy) is 2. The Bertz CT molecular complexity index is 837. The van der Waals surface area contributed by atoms with Gasteiger partial charge in [0.05, 0.1) is 13.4 Å². The van der Waals surface area contributed by atoms with Crippen LogP contribution >= 0.6 is 11.6 Å². The van der Waals surface area contributed by atoms with Crippen LogP contribution in [-0.4, -0.2) is 23.2 Å². The highest BCUT2D eigenvalue weighted by Gasteiger charge is 2.07. The Kier molecular flexibility index (Phi) is 7.13. The normalized spacial score (nSPS) is 10.7. The smallest absolute Gasteiger partial charge is 0.161 e. The Balaban J connectivity index is 1.48. The molecule has 5 nitrogen and oxygen atoms in total. The minimum Gasteiger partial charge on any atom is -0.493 e. The van der Waals surface area contributed by atoms with Crippen LogP contribution in [-0.2, 0) is 19.7 Å². The Morgan fingerprint density at radius 3 is 2.81 bits per heavy atom. The minimum absolute atomic E-state index is 0.405. The number of hydrogen-bond acceptors (Lipinski definition) is 4. The molecule has 0 bridgehead atoms. The van der Waals surface area contributed by atoms with E-state index in [1.807, 2.05) is 55.0 Å². The molecular weight excluding hydrogens is 362 g/mol. The van der Waals surface area contributed by atoms with Gasteiger partial charge in [-0.15, -0.1) is 0 Å². The van der Waals surface area contributed by atoms with Gasteiger partial charge in [-0.25, -0.2) is 4.98 Å². The number of methoxy groups -OCH3 is 1. The number of aromatic nitrogens is 2. The molecule has 0 amide bonds. The molecule has 2 aromatic carbocycles. The summed E-state index contributed by atoms with van der Waals surface area (Å²) in [5.41, 5.74) is 2.10. The third kappa shape index (κ3) is 5.74. The summed E-state index contributed by atoms with van der Waals surface area (Å²) in [4.78, 5) is 4.04. The van der Waals surface area contributed by atoms with Gasteiger partial charge in [0.2, 0.25) is 0 Å². The summed E-state index contributed by atoms with van der Waals surface area (Å²) in [5, 5.41) is 4.15. The first-order chi connectivity index (χ1) is 13.3. The lowest BCUT2D eigenvalue weighted by Gasteiger charge is -2.13. The van der Waals surface area contributed by atoms with Gasteiger partial charge in [0.1, 0.15) is 6.61 Å². The molecule has 142 valence electrons. The zero-order chi connectivity index (χ0) is 18.9. The van der Waals surface area contributed by atoms with E-state index in [0.29, 0.717) is 17.4 Å². The van der Waals surface area contributed by atoms with Crippen molar-refractivity contribution in [1.82, 2.24) is 14.9 Å². The van der Waals surface area contributed by atoms with E-state index < -0.39 is 0 Å². The van der Waals surface area contributed by atoms with E-state index >= 15 is 0 Å². The molecule has 6 heteroatoms. The lowest BCUT2D eigenvalue weighted by Crippen LogP contribution is -2.16. The summed E-state index contributed by atoms with van der Waals surface area (Å²) in [6.07, 6.45) is 6.67. The molecule has 1 heterocycles. The van der Waals surface area contributed by atoms with E-state index in [9.17, 15) is 0 Å². The van der Waals surface area contributed by atoms with Crippen LogP contribution in [0.15, 0.2) is 61.2 Å². The van der Waals surface area contributed by atoms with Crippen LogP contribution in [0.2, 0.25) is 5.02 Å². The maximum absolute atomic E-state index is 6.18. The van der Waals surface area contributed by atoms with Gasteiger partial charge < -0.3 is 19.4 Å². The predicted molar refractivity (Wildman–Crippen MR) is 107 cm³/mol. The van der Waals surface area contributed by atoms with Crippen molar-refractivity contribution in [2.24, 2.45) is 0 Å². The van der Waals surface area contributed by atoms with Crippen LogP contribution in [0, 0.1) is 0 Å². The summed E-state index contributed by atoms with van der Waals surface area (Å²) in [5.74, 6) is 1.43. The van der Waals surface area contributed by atoms with Gasteiger partial charge in [0.25, 0.3) is 0 Å². The Labute approximate surface area is 164 Å². The summed E-state index contributed by atoms with van der Waals surface area (Å²) in [6, 6.07) is 13.7. The Morgan fingerprint density at radius 2 is 2.04 bits per heavy atom. The second-order valence-electron chi connectivity index (χ2n) is 6.20. The van der Waals surface area contributed by atoms with Crippen LogP contribution in [0.25, 0.3) is 0 Å². The first-order valence-electron chi connectivity index (χ1n) is 8.96. The topological polar surface area (TPSA) is 48.3 Å². The van der Waals surface area contributed by atoms with E-state index in [0.717, 1.165) is 42.9 Å². The van der Waals surface area contributed by atoms with Crippen LogP contribution in [0.4, 0.5) is 0 Å². The average Bonchev–Trinajstić information content (AvgIpc) is 3.21. The van der Waals surface area contributed by atoms with Gasteiger partial charge in [-0.05, 0) is 36.7 Å². The van der Waals surface area contributed by atoms with Crippen LogP contribution in [0.5, 0.6) is 11.5 Å². The molecular formula is C21H24ClN3O2. The van der Waals surface area contributed by atoms with Gasteiger partial charge in [0.15, 0.2) is 11.5 Å². The Hall–Kier alpha value is -2.50. The highest BCUT2D eigenvalue weighted by atomic mass is 35.5. The lowest BCUT2D eigenvalue weighted by molar-refractivity contribution is 0.284. The van der Waals surface area contributed by atoms with Crippen molar-refractivity contribution in [1.29, 1.82) is 0 Å². The van der Waals surface area contributed by atoms with Gasteiger partial charge in [0, 0.05) is 36.1 Å². The number of benzene rings is 2. The second kappa shape index (κ2) is 10.00. The van der Waals surface area contributed by atoms with Gasteiger partial charge in [-0.3, -0.25) is 0 Å². The summed E-state index contributed by atoms with van der Waals surface area (Å²) in [6.45, 7) is 3.09. The van der Waals surface area contributed by atoms with Crippen LogP contribution < -0.4 is 14.8 Å². The lowest BCUT2D eigenvalue weighted by atomic mass is 10.2. The third-order valence-corrected chi connectivity index (χ3v) is 4.60. The number of hydrogen-bond donors (Lipinski definition) is 1. The van der Waals surface area contributed by atoms with Crippen LogP contribution in [0.3, 0.4) is 0 Å². The van der Waals surface area contributed by atoms with E-state index in [1.54, 1.807) is 13.3 Å². The molecule has 0 unspecified atom stereocenters. The fourth-order valence-electron chi connectivity index (χ4n) is 2.75. The fraction of sp³-hybridized carbons (Fsp3) is 0.286. The molecule has 0 radical (unpaired) electrons. The molecule has 0 saturated heterocycles. The first-order valence-corrected chi connectivity index (χ1v) is 9.33. The summed E-state index contributed by atoms with van der Waals surface area (Å²) < 4.78 is 13.5. The molecule has 3 rings (SSSR count). The number of halogens is 1. The van der Waals surface area contributed by atoms with E-state index in [4.69, 9.17) is 21.1 Å². The Morgan fingerprint density at radius 1 is 1.15 bits per heavy atom. The van der Waals surface area contributed by atoms with E-state index in [1.165, 1.54) is 0 Å². The first kappa shape index (κ1) is 19.3. The quantitative estimate of drug-likeness (QED) is 0.528. The fourth-order valence-corrected chi connectivity index (χ4v) is 2.94. The highest BCUT2D eigenvalue weighted by Crippen LogP contribution is 2.29. The zero-order valence-electron chi connectivity index (χ0n) is 15.4. The molecule has 0 aliphatic carbocycles. The molecule has 1 aromatic heterocycles. The summed E-state index contributed by atoms with van der Waals surface area (Å²) >= 11 is 6.18. The maximum Gasteiger partial charge on any atom is 0.161 e. The van der Waals surface area contributed by atoms with Crippen molar-refractivity contribution in [2.45, 2.75) is 26.1 Å². The average molecular weight is 386 g/mol. The highest BCUT2D eigenvalue weighted by molar-refractivity contribution is 6.31. The molecule has 0 saturated carbocycles. The molecule has 0 atom stereocenters. The van der Waals surface area contributed by atoms with Crippen LogP contribution in [0.1, 0.15) is 17.5 Å². The van der Waals surface area contributed by atoms with Crippen molar-refractivity contribution in [3.63, 3.8) is 0 Å². The standard InChI is InChI=1S/C21H24ClN3O2/c1-26-21-13-17(14-23-9-4-11-25-12-10-24-16-25)7-8-20(21)27-15-18-5-2-3-6-19(18)22/h2-3,5-8,10,12-13,16,23H,4,9,11,14-15H2,1H3. The minimum atomic E-state index is 0.405. The molecule has 1 N–H and O–H groups in total. The maximum atomic E-state index is 6.18. The number of rotatable bonds is 10. The van der Waals surface area contributed by atoms with Crippen molar-refractivity contribution in [3.8, 4) is 11.5 Å². The molecule has 0 aliphatic rings. The van der Waals surface area contributed by atoms with Gasteiger partial charge >= 0.3 is 0 Å². The second-order valence-corrected chi connectivity index (χ2v) is 6.60. The molecule has 27 heavy (non-hydrogen) atoms. The number of imidazole rings is 1. The van der Waals surface area contributed by atoms with Gasteiger partial charge in [-0.2, -0.15) is 0 Å². The summed E-state index contributed by atoms with van der Waals surface area (Å²) in [7, 11) is 1.65. The number of aryl methyl sites for hydroxylation is 1. The number of nitrogens with one attached hydrogen (secondary N) is 1. The molecule has 0 fully saturated rings. The van der Waals surface area contributed by atoms with Crippen molar-refractivity contribution in [3.05, 3.63) is 77.3 Å². The van der Waals surface area contributed by atoms with E-state index in [2.05, 4.69) is 14.9 Å². The molecule has 0 spiro atoms. The zero-order valence-corrected chi connectivity index (χ0v) is 16.2. The molecule has 0 aliphatic heterocycles. The number of nitrogens with zero attached hydrogens (tertiary/aromatic N) is 2. The van der Waals surface area contributed by atoms with Crippen molar-refractivity contribution >= 4 is 11.6 Å². The SMILES string of the molecule is COc1cc(CNCCCn2ccnc2)ccc1OCc1ccccc1Cl. The van der Waals surface area contributed by atoms with E-state index in [-0.39, 0.29) is 0 Å². The van der Waals surface area contributed by atoms with Gasteiger partial charge in [-0.1, -0.05) is 35.9 Å².